The minimum Gasteiger partial charge on any atom is -0.247 e. The van der Waals surface area contributed by atoms with E-state index in [2.05, 4.69) is 0 Å². The first-order valence-corrected chi connectivity index (χ1v) is 2.08. The molecule has 0 aliphatic heterocycles. The first kappa shape index (κ1) is 6.60. The Hall–Kier alpha value is -0.400. The molecule has 0 radical (unpaired) electrons. The molecule has 0 aliphatic rings. The van der Waals surface area contributed by atoms with Gasteiger partial charge in [-0.25, -0.2) is 8.78 Å². The third-order valence-electron chi connectivity index (χ3n) is 0.636. The van der Waals surface area contributed by atoms with Crippen LogP contribution >= 0.6 is 0 Å². The maximum Gasteiger partial charge on any atom is 0.110 e. The van der Waals surface area contributed by atoms with Crippen molar-refractivity contribution in [2.24, 2.45) is 0 Å². The van der Waals surface area contributed by atoms with Crippen molar-refractivity contribution >= 4 is 0 Å². The van der Waals surface area contributed by atoms with E-state index >= 15 is 0 Å². The molecule has 0 heterocycles. The zero-order chi connectivity index (χ0) is 5.70. The van der Waals surface area contributed by atoms with E-state index in [-0.39, 0.29) is 0 Å². The van der Waals surface area contributed by atoms with Gasteiger partial charge in [0.15, 0.2) is 0 Å². The van der Waals surface area contributed by atoms with Crippen molar-refractivity contribution in [3.05, 3.63) is 11.6 Å². The molecule has 0 unspecified atom stereocenters. The Bertz CT molecular complexity index is 66.5. The van der Waals surface area contributed by atoms with Crippen molar-refractivity contribution < 1.29 is 8.78 Å². The summed E-state index contributed by atoms with van der Waals surface area (Å²) in [6, 6.07) is 0. The zero-order valence-corrected chi connectivity index (χ0v) is 4.25. The van der Waals surface area contributed by atoms with E-state index < -0.39 is 13.3 Å². The summed E-state index contributed by atoms with van der Waals surface area (Å²) in [5, 5.41) is 0. The third kappa shape index (κ3) is 3.43. The van der Waals surface area contributed by atoms with Gasteiger partial charge in [-0.05, 0) is 12.5 Å². The fourth-order valence-electron chi connectivity index (χ4n) is 0.186. The van der Waals surface area contributed by atoms with Crippen molar-refractivity contribution in [3.63, 3.8) is 0 Å². The van der Waals surface area contributed by atoms with Crippen LogP contribution < -0.4 is 0 Å². The van der Waals surface area contributed by atoms with Crippen molar-refractivity contribution in [3.8, 4) is 0 Å². The van der Waals surface area contributed by atoms with E-state index in [4.69, 9.17) is 0 Å². The van der Waals surface area contributed by atoms with Gasteiger partial charge < -0.3 is 0 Å². The summed E-state index contributed by atoms with van der Waals surface area (Å²) in [5.74, 6) is 0. The second-order valence-corrected chi connectivity index (χ2v) is 1.34. The van der Waals surface area contributed by atoms with E-state index in [1.54, 1.807) is 6.92 Å². The Morgan fingerprint density at radius 1 is 1.57 bits per heavy atom. The number of hydrogen-bond donors (Lipinski definition) is 0. The van der Waals surface area contributed by atoms with Gasteiger partial charge in [-0.15, -0.1) is 0 Å². The van der Waals surface area contributed by atoms with Crippen molar-refractivity contribution in [2.45, 2.75) is 6.92 Å². The van der Waals surface area contributed by atoms with Crippen LogP contribution in [0.5, 0.6) is 0 Å². The van der Waals surface area contributed by atoms with Gasteiger partial charge >= 0.3 is 0 Å². The predicted octanol–water partition coefficient (Wildman–Crippen LogP) is 1.87. The van der Waals surface area contributed by atoms with Gasteiger partial charge in [-0.3, -0.25) is 0 Å². The molecule has 0 spiro atoms. The fourth-order valence-corrected chi connectivity index (χ4v) is 0.186. The lowest BCUT2D eigenvalue weighted by Crippen LogP contribution is -1.76. The van der Waals surface area contributed by atoms with Crippen LogP contribution in [-0.2, 0) is 0 Å². The summed E-state index contributed by atoms with van der Waals surface area (Å²) in [6.07, 6.45) is 1.22. The van der Waals surface area contributed by atoms with Crippen LogP contribution in [0.25, 0.3) is 0 Å². The van der Waals surface area contributed by atoms with E-state index in [0.717, 1.165) is 0 Å². The first-order valence-electron chi connectivity index (χ1n) is 2.08. The lowest BCUT2D eigenvalue weighted by Gasteiger charge is -1.84. The molecule has 0 aliphatic carbocycles. The highest BCUT2D eigenvalue weighted by Gasteiger charge is 1.81. The summed E-state index contributed by atoms with van der Waals surface area (Å²) in [4.78, 5) is 0. The second kappa shape index (κ2) is 3.78. The second-order valence-electron chi connectivity index (χ2n) is 1.34. The van der Waals surface area contributed by atoms with E-state index in [1.165, 1.54) is 6.08 Å². The highest BCUT2D eigenvalue weighted by Crippen LogP contribution is 1.90. The molecule has 0 N–H and O–H groups in total. The van der Waals surface area contributed by atoms with Crippen LogP contribution in [-0.4, -0.2) is 13.3 Å². The number of hydrogen-bond acceptors (Lipinski definition) is 0. The Balaban J connectivity index is 3.29. The summed E-state index contributed by atoms with van der Waals surface area (Å²) in [7, 11) is 0. The largest absolute Gasteiger partial charge is 0.247 e. The number of alkyl halides is 2. The molecule has 0 atom stereocenters. The monoisotopic (exact) mass is 106 g/mol. The molecule has 0 bridgehead atoms. The maximum absolute atomic E-state index is 11.3. The molecular formula is C5H8F2. The van der Waals surface area contributed by atoms with Crippen LogP contribution in [0.1, 0.15) is 6.92 Å². The fraction of sp³-hybridized carbons (Fsp3) is 0.600. The van der Waals surface area contributed by atoms with Gasteiger partial charge in [0, 0.05) is 0 Å². The van der Waals surface area contributed by atoms with Gasteiger partial charge in [0.05, 0.1) is 0 Å². The third-order valence-corrected chi connectivity index (χ3v) is 0.636. The zero-order valence-electron chi connectivity index (χ0n) is 4.25. The van der Waals surface area contributed by atoms with Crippen LogP contribution in [0.4, 0.5) is 8.78 Å². The quantitative estimate of drug-likeness (QED) is 0.471. The summed E-state index contributed by atoms with van der Waals surface area (Å²) >= 11 is 0. The molecular weight excluding hydrogens is 98.1 g/mol. The average Bonchev–Trinajstić information content (AvgIpc) is 1.68. The van der Waals surface area contributed by atoms with E-state index in [1.807, 2.05) is 0 Å². The molecule has 0 fully saturated rings. The molecule has 0 aromatic heterocycles. The Kier molecular flexibility index (Phi) is 3.56. The summed E-state index contributed by atoms with van der Waals surface area (Å²) in [5.41, 5.74) is 0.461. The Labute approximate surface area is 41.8 Å². The molecule has 0 nitrogen and oxygen atoms in total. The average molecular weight is 106 g/mol. The standard InChI is InChI=1S/C5H8F2/c1-5(4-7)2-3-6/h2H,3-4H2,1H3. The molecule has 0 rings (SSSR count). The van der Waals surface area contributed by atoms with Crippen LogP contribution in [0.3, 0.4) is 0 Å². The highest BCUT2D eigenvalue weighted by molar-refractivity contribution is 4.97. The molecule has 0 saturated carbocycles. The van der Waals surface area contributed by atoms with Gasteiger partial charge in [-0.2, -0.15) is 0 Å². The predicted molar refractivity (Wildman–Crippen MR) is 25.7 cm³/mol. The maximum atomic E-state index is 11.3. The van der Waals surface area contributed by atoms with Crippen molar-refractivity contribution in [2.75, 3.05) is 13.3 Å². The molecule has 7 heavy (non-hydrogen) atoms. The highest BCUT2D eigenvalue weighted by atomic mass is 19.1. The number of rotatable bonds is 2. The molecule has 0 aromatic carbocycles. The van der Waals surface area contributed by atoms with Gasteiger partial charge in [0.1, 0.15) is 13.3 Å². The SMILES string of the molecule is CC(=CCF)CF. The van der Waals surface area contributed by atoms with Gasteiger partial charge in [-0.1, -0.05) is 6.08 Å². The summed E-state index contributed by atoms with van der Waals surface area (Å²) < 4.78 is 22.5. The minimum absolute atomic E-state index is 0.461. The van der Waals surface area contributed by atoms with Crippen molar-refractivity contribution in [1.82, 2.24) is 0 Å². The Morgan fingerprint density at radius 2 is 2.14 bits per heavy atom. The van der Waals surface area contributed by atoms with E-state index in [0.29, 0.717) is 5.57 Å². The molecule has 0 amide bonds. The normalized spacial score (nSPS) is 12.1. The van der Waals surface area contributed by atoms with Gasteiger partial charge in [0.2, 0.25) is 0 Å². The summed E-state index contributed by atoms with van der Waals surface area (Å²) in [6.45, 7) is 0.458. The Morgan fingerprint density at radius 3 is 2.29 bits per heavy atom. The van der Waals surface area contributed by atoms with E-state index in [9.17, 15) is 8.78 Å². The van der Waals surface area contributed by atoms with Crippen LogP contribution in [0, 0.1) is 0 Å². The molecule has 0 saturated heterocycles. The van der Waals surface area contributed by atoms with Crippen LogP contribution in [0.15, 0.2) is 11.6 Å². The lowest BCUT2D eigenvalue weighted by atomic mass is 10.3. The molecule has 2 heteroatoms. The first-order chi connectivity index (χ1) is 3.31. The minimum atomic E-state index is -0.560. The molecule has 42 valence electrons. The van der Waals surface area contributed by atoms with Gasteiger partial charge in [0.25, 0.3) is 0 Å². The molecule has 0 aromatic rings. The smallest absolute Gasteiger partial charge is 0.110 e. The topological polar surface area (TPSA) is 0 Å². The van der Waals surface area contributed by atoms with Crippen LogP contribution in [0.2, 0.25) is 0 Å². The van der Waals surface area contributed by atoms with Crippen molar-refractivity contribution in [1.29, 1.82) is 0 Å². The number of allylic oxidation sites excluding steroid dienone is 2. The number of halogens is 2. The lowest BCUT2D eigenvalue weighted by molar-refractivity contribution is 0.527.